The van der Waals surface area contributed by atoms with Crippen LogP contribution < -0.4 is 10.2 Å². The van der Waals surface area contributed by atoms with E-state index in [1.54, 1.807) is 14.0 Å². The van der Waals surface area contributed by atoms with Gasteiger partial charge in [0, 0.05) is 38.4 Å². The molecule has 1 unspecified atom stereocenters. The highest BCUT2D eigenvalue weighted by molar-refractivity contribution is 5.74. The summed E-state index contributed by atoms with van der Waals surface area (Å²) in [6.07, 6.45) is 1.40. The van der Waals surface area contributed by atoms with Crippen molar-refractivity contribution in [3.8, 4) is 0 Å². The summed E-state index contributed by atoms with van der Waals surface area (Å²) < 4.78 is 0. The Morgan fingerprint density at radius 2 is 2.00 bits per heavy atom. The van der Waals surface area contributed by atoms with Crippen LogP contribution in [0.3, 0.4) is 0 Å². The number of anilines is 1. The second-order valence-corrected chi connectivity index (χ2v) is 5.78. The molecule has 5 nitrogen and oxygen atoms in total. The van der Waals surface area contributed by atoms with Crippen molar-refractivity contribution >= 4 is 11.7 Å². The topological polar surface area (TPSA) is 55.8 Å². The van der Waals surface area contributed by atoms with Crippen molar-refractivity contribution in [3.63, 3.8) is 0 Å². The number of carbonyl (C=O) groups is 1. The predicted molar refractivity (Wildman–Crippen MR) is 84.5 cm³/mol. The number of carbonyl (C=O) groups excluding carboxylic acids is 1. The summed E-state index contributed by atoms with van der Waals surface area (Å²) in [4.78, 5) is 15.9. The van der Waals surface area contributed by atoms with Gasteiger partial charge in [0.15, 0.2) is 0 Å². The zero-order valence-electron chi connectivity index (χ0n) is 12.8. The van der Waals surface area contributed by atoms with E-state index >= 15 is 0 Å². The maximum Gasteiger partial charge on any atom is 0.317 e. The molecule has 1 heterocycles. The normalized spacial score (nSPS) is 17.4. The molecule has 0 aliphatic carbocycles. The first-order valence-corrected chi connectivity index (χ1v) is 7.56. The Bertz CT molecular complexity index is 442. The Labute approximate surface area is 126 Å². The monoisotopic (exact) mass is 291 g/mol. The van der Waals surface area contributed by atoms with E-state index in [9.17, 15) is 9.90 Å². The van der Waals surface area contributed by atoms with Crippen LogP contribution in [0.4, 0.5) is 10.5 Å². The molecule has 2 amide bonds. The molecular formula is C16H25N3O2. The third-order valence-electron chi connectivity index (χ3n) is 3.83. The molecular weight excluding hydrogens is 266 g/mol. The highest BCUT2D eigenvalue weighted by Crippen LogP contribution is 2.19. The van der Waals surface area contributed by atoms with Crippen molar-refractivity contribution in [2.75, 3.05) is 31.6 Å². The third-order valence-corrected chi connectivity index (χ3v) is 3.83. The Morgan fingerprint density at radius 3 is 2.57 bits per heavy atom. The average molecular weight is 291 g/mol. The number of hydrogen-bond acceptors (Lipinski definition) is 3. The van der Waals surface area contributed by atoms with Gasteiger partial charge in [-0.05, 0) is 31.9 Å². The van der Waals surface area contributed by atoms with Crippen molar-refractivity contribution in [1.82, 2.24) is 10.2 Å². The van der Waals surface area contributed by atoms with Gasteiger partial charge in [0.2, 0.25) is 0 Å². The summed E-state index contributed by atoms with van der Waals surface area (Å²) in [5.41, 5.74) is 1.24. The lowest BCUT2D eigenvalue weighted by molar-refractivity contribution is 0.141. The number of likely N-dealkylation sites (N-methyl/N-ethyl adjacent to an activating group) is 1. The Balaban J connectivity index is 1.78. The molecule has 0 bridgehead atoms. The molecule has 0 saturated carbocycles. The lowest BCUT2D eigenvalue weighted by Gasteiger charge is -2.34. The Hall–Kier alpha value is -1.75. The molecule has 1 aliphatic rings. The largest absolute Gasteiger partial charge is 0.392 e. The van der Waals surface area contributed by atoms with E-state index in [0.717, 1.165) is 25.9 Å². The summed E-state index contributed by atoms with van der Waals surface area (Å²) >= 11 is 0. The van der Waals surface area contributed by atoms with Gasteiger partial charge in [0.1, 0.15) is 0 Å². The van der Waals surface area contributed by atoms with E-state index in [0.29, 0.717) is 6.54 Å². The lowest BCUT2D eigenvalue weighted by Crippen LogP contribution is -2.49. The molecule has 0 radical (unpaired) electrons. The number of urea groups is 1. The quantitative estimate of drug-likeness (QED) is 0.887. The molecule has 1 aliphatic heterocycles. The van der Waals surface area contributed by atoms with Gasteiger partial charge in [-0.2, -0.15) is 0 Å². The number of aliphatic hydroxyl groups is 1. The molecule has 1 aromatic carbocycles. The first kappa shape index (κ1) is 15.6. The first-order valence-electron chi connectivity index (χ1n) is 7.56. The van der Waals surface area contributed by atoms with Gasteiger partial charge in [0.05, 0.1) is 6.10 Å². The number of nitrogens with one attached hydrogen (secondary N) is 1. The number of para-hydroxylation sites is 1. The highest BCUT2D eigenvalue weighted by Gasteiger charge is 2.22. The number of aliphatic hydroxyl groups excluding tert-OH is 1. The maximum atomic E-state index is 12.0. The van der Waals surface area contributed by atoms with Gasteiger partial charge < -0.3 is 20.2 Å². The van der Waals surface area contributed by atoms with Crippen molar-refractivity contribution in [3.05, 3.63) is 30.3 Å². The molecule has 1 saturated heterocycles. The SMILES string of the molecule is CC(O)CN(C)C(=O)NC1CCN(c2ccccc2)CC1. The van der Waals surface area contributed by atoms with Crippen molar-refractivity contribution < 1.29 is 9.90 Å². The summed E-state index contributed by atoms with van der Waals surface area (Å²) in [5.74, 6) is 0. The molecule has 21 heavy (non-hydrogen) atoms. The molecule has 5 heteroatoms. The van der Waals surface area contributed by atoms with Crippen LogP contribution in [0.2, 0.25) is 0 Å². The summed E-state index contributed by atoms with van der Waals surface area (Å²) in [6.45, 7) is 3.95. The van der Waals surface area contributed by atoms with Crippen molar-refractivity contribution in [1.29, 1.82) is 0 Å². The van der Waals surface area contributed by atoms with Gasteiger partial charge in [-0.15, -0.1) is 0 Å². The summed E-state index contributed by atoms with van der Waals surface area (Å²) in [6, 6.07) is 10.5. The standard InChI is InChI=1S/C16H25N3O2/c1-13(20)12-18(2)16(21)17-14-8-10-19(11-9-14)15-6-4-3-5-7-15/h3-7,13-14,20H,8-12H2,1-2H3,(H,17,21). The van der Waals surface area contributed by atoms with Crippen LogP contribution in [0.25, 0.3) is 0 Å². The fraction of sp³-hybridized carbons (Fsp3) is 0.562. The van der Waals surface area contributed by atoms with E-state index in [1.807, 2.05) is 18.2 Å². The van der Waals surface area contributed by atoms with Crippen LogP contribution in [0.5, 0.6) is 0 Å². The van der Waals surface area contributed by atoms with Crippen molar-refractivity contribution in [2.24, 2.45) is 0 Å². The van der Waals surface area contributed by atoms with E-state index in [1.165, 1.54) is 10.6 Å². The van der Waals surface area contributed by atoms with Crippen LogP contribution in [-0.4, -0.2) is 54.9 Å². The number of nitrogens with zero attached hydrogens (tertiary/aromatic N) is 2. The smallest absolute Gasteiger partial charge is 0.317 e. The summed E-state index contributed by atoms with van der Waals surface area (Å²) in [7, 11) is 1.71. The van der Waals surface area contributed by atoms with Crippen LogP contribution in [-0.2, 0) is 0 Å². The third kappa shape index (κ3) is 4.63. The zero-order chi connectivity index (χ0) is 15.2. The number of rotatable bonds is 4. The summed E-state index contributed by atoms with van der Waals surface area (Å²) in [5, 5.41) is 12.4. The molecule has 0 spiro atoms. The number of benzene rings is 1. The molecule has 2 rings (SSSR count). The fourth-order valence-corrected chi connectivity index (χ4v) is 2.68. The van der Waals surface area contributed by atoms with E-state index in [4.69, 9.17) is 0 Å². The van der Waals surface area contributed by atoms with E-state index in [2.05, 4.69) is 22.3 Å². The molecule has 1 fully saturated rings. The maximum absolute atomic E-state index is 12.0. The predicted octanol–water partition coefficient (Wildman–Crippen LogP) is 1.68. The molecule has 1 atom stereocenters. The molecule has 1 aromatic rings. The highest BCUT2D eigenvalue weighted by atomic mass is 16.3. The van der Waals surface area contributed by atoms with Gasteiger partial charge in [-0.25, -0.2) is 4.79 Å². The van der Waals surface area contributed by atoms with Crippen LogP contribution in [0.15, 0.2) is 30.3 Å². The van der Waals surface area contributed by atoms with Gasteiger partial charge in [-0.1, -0.05) is 18.2 Å². The van der Waals surface area contributed by atoms with Crippen LogP contribution >= 0.6 is 0 Å². The van der Waals surface area contributed by atoms with Gasteiger partial charge >= 0.3 is 6.03 Å². The van der Waals surface area contributed by atoms with Gasteiger partial charge in [-0.3, -0.25) is 0 Å². The van der Waals surface area contributed by atoms with E-state index in [-0.39, 0.29) is 12.1 Å². The lowest BCUT2D eigenvalue weighted by atomic mass is 10.0. The number of amides is 2. The minimum Gasteiger partial charge on any atom is -0.392 e. The van der Waals surface area contributed by atoms with Crippen LogP contribution in [0, 0.1) is 0 Å². The Morgan fingerprint density at radius 1 is 1.38 bits per heavy atom. The minimum atomic E-state index is -0.499. The van der Waals surface area contributed by atoms with Crippen LogP contribution in [0.1, 0.15) is 19.8 Å². The van der Waals surface area contributed by atoms with Crippen molar-refractivity contribution in [2.45, 2.75) is 31.9 Å². The fourth-order valence-electron chi connectivity index (χ4n) is 2.68. The second kappa shape index (κ2) is 7.31. The number of piperidine rings is 1. The molecule has 2 N–H and O–H groups in total. The first-order chi connectivity index (χ1) is 10.1. The Kier molecular flexibility index (Phi) is 5.44. The number of hydrogen-bond donors (Lipinski definition) is 2. The minimum absolute atomic E-state index is 0.103. The zero-order valence-corrected chi connectivity index (χ0v) is 12.8. The molecule has 0 aromatic heterocycles. The van der Waals surface area contributed by atoms with Gasteiger partial charge in [0.25, 0.3) is 0 Å². The second-order valence-electron chi connectivity index (χ2n) is 5.78. The molecule has 116 valence electrons. The average Bonchev–Trinajstić information content (AvgIpc) is 2.48. The van der Waals surface area contributed by atoms with E-state index < -0.39 is 6.10 Å².